The average molecular weight is 554 g/mol. The molecule has 0 fully saturated rings. The molecule has 1 atom stereocenters. The van der Waals surface area contributed by atoms with Gasteiger partial charge in [-0.15, -0.1) is 0 Å². The van der Waals surface area contributed by atoms with E-state index in [0.29, 0.717) is 22.2 Å². The molecule has 3 aromatic carbocycles. The predicted octanol–water partition coefficient (Wildman–Crippen LogP) is 5.88. The Morgan fingerprint density at radius 3 is 2.16 bits per heavy atom. The summed E-state index contributed by atoms with van der Waals surface area (Å²) in [6, 6.07) is 21.9. The number of ether oxygens (including phenoxy) is 1. The van der Waals surface area contributed by atoms with Gasteiger partial charge in [-0.3, -0.25) is 0 Å². The highest BCUT2D eigenvalue weighted by Gasteiger charge is 2.10. The van der Waals surface area contributed by atoms with Crippen LogP contribution in [0.15, 0.2) is 78.9 Å². The molecule has 38 heavy (non-hydrogen) atoms. The molecular weight excluding hydrogens is 525 g/mol. The summed E-state index contributed by atoms with van der Waals surface area (Å²) in [6.07, 6.45) is 2.73. The lowest BCUT2D eigenvalue weighted by Gasteiger charge is -2.16. The number of nitrogens with one attached hydrogen (secondary N) is 1. The number of benzene rings is 3. The first kappa shape index (κ1) is 30.5. The molecule has 3 N–H and O–H groups in total. The highest BCUT2D eigenvalue weighted by Crippen LogP contribution is 2.24. The van der Waals surface area contributed by atoms with Gasteiger partial charge < -0.3 is 20.3 Å². The van der Waals surface area contributed by atoms with E-state index in [9.17, 15) is 9.59 Å². The molecule has 0 aliphatic heterocycles. The summed E-state index contributed by atoms with van der Waals surface area (Å²) in [5.41, 5.74) is 4.16. The van der Waals surface area contributed by atoms with Crippen molar-refractivity contribution in [2.75, 3.05) is 13.7 Å². The first-order chi connectivity index (χ1) is 18.2. The lowest BCUT2D eigenvalue weighted by atomic mass is 10.00. The highest BCUT2D eigenvalue weighted by molar-refractivity contribution is 6.36. The molecule has 0 radical (unpaired) electrons. The van der Waals surface area contributed by atoms with Gasteiger partial charge in [0.05, 0.1) is 7.11 Å². The lowest BCUT2D eigenvalue weighted by Crippen LogP contribution is -2.30. The van der Waals surface area contributed by atoms with Crippen molar-refractivity contribution in [1.82, 2.24) is 5.32 Å². The molecule has 0 aromatic heterocycles. The smallest absolute Gasteiger partial charge is 0.328 e. The fraction of sp³-hybridized carbons (Fsp3) is 0.200. The van der Waals surface area contributed by atoms with Gasteiger partial charge in [0.2, 0.25) is 0 Å². The Morgan fingerprint density at radius 1 is 0.947 bits per heavy atom. The van der Waals surface area contributed by atoms with E-state index < -0.39 is 11.9 Å². The van der Waals surface area contributed by atoms with E-state index in [1.165, 1.54) is 0 Å². The average Bonchev–Trinajstić information content (AvgIpc) is 2.89. The normalized spacial score (nSPS) is 11.1. The van der Waals surface area contributed by atoms with Gasteiger partial charge in [0.25, 0.3) is 0 Å². The van der Waals surface area contributed by atoms with Crippen LogP contribution >= 0.6 is 23.2 Å². The second-order valence-electron chi connectivity index (χ2n) is 8.16. The molecule has 0 aliphatic rings. The van der Waals surface area contributed by atoms with Gasteiger partial charge >= 0.3 is 11.9 Å². The quantitative estimate of drug-likeness (QED) is 0.226. The van der Waals surface area contributed by atoms with Crippen LogP contribution in [0.5, 0.6) is 5.75 Å². The minimum absolute atomic E-state index is 0.260. The number of carboxylic acids is 2. The van der Waals surface area contributed by atoms with Gasteiger partial charge in [-0.05, 0) is 79.9 Å². The van der Waals surface area contributed by atoms with Crippen molar-refractivity contribution in [1.29, 1.82) is 0 Å². The summed E-state index contributed by atoms with van der Waals surface area (Å²) in [6.45, 7) is 2.96. The number of hydrogen-bond acceptors (Lipinski definition) is 4. The predicted molar refractivity (Wildman–Crippen MR) is 151 cm³/mol. The molecule has 0 spiro atoms. The molecule has 3 aromatic rings. The van der Waals surface area contributed by atoms with Gasteiger partial charge in [0, 0.05) is 39.4 Å². The maximum absolute atomic E-state index is 9.55. The van der Waals surface area contributed by atoms with Crippen molar-refractivity contribution in [2.45, 2.75) is 25.8 Å². The molecule has 0 aliphatic carbocycles. The van der Waals surface area contributed by atoms with E-state index in [1.807, 2.05) is 60.7 Å². The van der Waals surface area contributed by atoms with Crippen LogP contribution in [-0.2, 0) is 22.4 Å². The number of halogens is 2. The third kappa shape index (κ3) is 11.1. The van der Waals surface area contributed by atoms with Crippen molar-refractivity contribution < 1.29 is 24.5 Å². The lowest BCUT2D eigenvalue weighted by molar-refractivity contribution is -0.134. The molecule has 0 saturated heterocycles. The number of carboxylic acid groups (broad SMARTS) is 2. The summed E-state index contributed by atoms with van der Waals surface area (Å²) < 4.78 is 5.42. The topological polar surface area (TPSA) is 95.9 Å². The molecule has 6 nitrogen and oxygen atoms in total. The summed E-state index contributed by atoms with van der Waals surface area (Å²) in [5.74, 6) is 4.89. The fourth-order valence-electron chi connectivity index (χ4n) is 3.41. The Balaban J connectivity index is 0.000000550. The van der Waals surface area contributed by atoms with Crippen molar-refractivity contribution in [2.24, 2.45) is 0 Å². The van der Waals surface area contributed by atoms with Crippen LogP contribution in [-0.4, -0.2) is 41.8 Å². The zero-order chi connectivity index (χ0) is 27.9. The zero-order valence-electron chi connectivity index (χ0n) is 21.1. The van der Waals surface area contributed by atoms with Crippen LogP contribution in [0.1, 0.15) is 29.2 Å². The van der Waals surface area contributed by atoms with E-state index in [0.717, 1.165) is 47.4 Å². The van der Waals surface area contributed by atoms with E-state index in [1.54, 1.807) is 7.11 Å². The molecule has 0 bridgehead atoms. The zero-order valence-corrected chi connectivity index (χ0v) is 22.6. The summed E-state index contributed by atoms with van der Waals surface area (Å²) in [4.78, 5) is 19.1. The number of hydrogen-bond donors (Lipinski definition) is 3. The van der Waals surface area contributed by atoms with Crippen LogP contribution in [0.25, 0.3) is 0 Å². The molecule has 198 valence electrons. The Hall–Kier alpha value is -3.76. The van der Waals surface area contributed by atoms with Gasteiger partial charge in [-0.25, -0.2) is 9.59 Å². The first-order valence-corrected chi connectivity index (χ1v) is 12.5. The Labute approximate surface area is 232 Å². The number of methoxy groups -OCH3 is 1. The number of rotatable bonds is 9. The summed E-state index contributed by atoms with van der Waals surface area (Å²) in [7, 11) is 1.68. The second kappa shape index (κ2) is 16.2. The standard InChI is InChI=1S/C26H25Cl2NO.C4H4O4/c1-19(29-16-15-24-25(27)9-6-10-26(24)28)17-22-18-23(30-2)14-13-21(22)12-11-20-7-4-3-5-8-20;5-3(6)1-2-4(7)8/h3-10,13-14,18-19,29H,15-17H2,1-2H3;1-2H,(H,5,6)(H,7,8). The minimum Gasteiger partial charge on any atom is -0.497 e. The molecule has 0 heterocycles. The number of aliphatic carboxylic acids is 2. The molecule has 0 saturated carbocycles. The van der Waals surface area contributed by atoms with Gasteiger partial charge in [-0.1, -0.05) is 59.3 Å². The minimum atomic E-state index is -1.26. The third-order valence-electron chi connectivity index (χ3n) is 5.25. The monoisotopic (exact) mass is 553 g/mol. The molecule has 1 unspecified atom stereocenters. The van der Waals surface area contributed by atoms with Crippen LogP contribution in [0, 0.1) is 11.8 Å². The SMILES string of the molecule is COc1ccc(C#Cc2ccccc2)c(CC(C)NCCc2c(Cl)cccc2Cl)c1.O=C(O)C=CC(=O)O. The maximum Gasteiger partial charge on any atom is 0.328 e. The summed E-state index contributed by atoms with van der Waals surface area (Å²) in [5, 5.41) is 20.6. The largest absolute Gasteiger partial charge is 0.497 e. The van der Waals surface area contributed by atoms with Crippen LogP contribution < -0.4 is 10.1 Å². The van der Waals surface area contributed by atoms with Crippen molar-refractivity contribution >= 4 is 35.1 Å². The Morgan fingerprint density at radius 2 is 1.58 bits per heavy atom. The third-order valence-corrected chi connectivity index (χ3v) is 5.96. The van der Waals surface area contributed by atoms with Crippen molar-refractivity contribution in [3.05, 3.63) is 111 Å². The summed E-state index contributed by atoms with van der Waals surface area (Å²) >= 11 is 12.5. The second-order valence-corrected chi connectivity index (χ2v) is 8.97. The van der Waals surface area contributed by atoms with Gasteiger partial charge in [0.1, 0.15) is 5.75 Å². The van der Waals surface area contributed by atoms with E-state index in [-0.39, 0.29) is 6.04 Å². The van der Waals surface area contributed by atoms with Gasteiger partial charge in [-0.2, -0.15) is 0 Å². The maximum atomic E-state index is 9.55. The fourth-order valence-corrected chi connectivity index (χ4v) is 3.99. The molecule has 0 amide bonds. The molecule has 3 rings (SSSR count). The van der Waals surface area contributed by atoms with Crippen LogP contribution in [0.2, 0.25) is 10.0 Å². The van der Waals surface area contributed by atoms with Crippen LogP contribution in [0.4, 0.5) is 0 Å². The van der Waals surface area contributed by atoms with Crippen molar-refractivity contribution in [3.63, 3.8) is 0 Å². The van der Waals surface area contributed by atoms with E-state index in [4.69, 9.17) is 38.2 Å². The van der Waals surface area contributed by atoms with Gasteiger partial charge in [0.15, 0.2) is 0 Å². The van der Waals surface area contributed by atoms with E-state index in [2.05, 4.69) is 30.1 Å². The Bertz CT molecular complexity index is 1280. The van der Waals surface area contributed by atoms with E-state index >= 15 is 0 Å². The molecule has 8 heteroatoms. The Kier molecular flexibility index (Phi) is 13.0. The van der Waals surface area contributed by atoms with Crippen molar-refractivity contribution in [3.8, 4) is 17.6 Å². The highest BCUT2D eigenvalue weighted by atomic mass is 35.5. The van der Waals surface area contributed by atoms with Crippen LogP contribution in [0.3, 0.4) is 0 Å². The number of carbonyl (C=O) groups is 2. The first-order valence-electron chi connectivity index (χ1n) is 11.7. The molecular formula is C30H29Cl2NO5.